The van der Waals surface area contributed by atoms with E-state index in [1.165, 1.54) is 0 Å². The monoisotopic (exact) mass is 347 g/mol. The van der Waals surface area contributed by atoms with Crippen LogP contribution >= 0.6 is 11.6 Å². The number of amides is 1. The zero-order valence-electron chi connectivity index (χ0n) is 13.5. The van der Waals surface area contributed by atoms with Gasteiger partial charge >= 0.3 is 0 Å². The van der Waals surface area contributed by atoms with Crippen LogP contribution in [-0.2, 0) is 17.9 Å². The Labute approximate surface area is 146 Å². The van der Waals surface area contributed by atoms with Gasteiger partial charge in [-0.25, -0.2) is 0 Å². The number of halogens is 1. The molecule has 0 aliphatic carbocycles. The first kappa shape index (κ1) is 16.6. The minimum atomic E-state index is 0.0168. The molecule has 0 bridgehead atoms. The van der Waals surface area contributed by atoms with Crippen LogP contribution in [0.5, 0.6) is 11.5 Å². The van der Waals surface area contributed by atoms with Gasteiger partial charge in [0, 0.05) is 17.1 Å². The van der Waals surface area contributed by atoms with Crippen molar-refractivity contribution in [2.24, 2.45) is 0 Å². The molecule has 3 rings (SSSR count). The lowest BCUT2D eigenvalue weighted by atomic mass is 10.2. The number of ether oxygens (including phenoxy) is 2. The van der Waals surface area contributed by atoms with Crippen LogP contribution in [0.2, 0.25) is 5.02 Å². The van der Waals surface area contributed by atoms with Crippen LogP contribution in [0.1, 0.15) is 11.1 Å². The summed E-state index contributed by atoms with van der Waals surface area (Å²) in [6.45, 7) is 1.93. The lowest BCUT2D eigenvalue weighted by Gasteiger charge is -2.14. The van der Waals surface area contributed by atoms with Crippen molar-refractivity contribution in [3.05, 3.63) is 58.6 Å². The third-order valence-corrected chi connectivity index (χ3v) is 4.06. The van der Waals surface area contributed by atoms with E-state index < -0.39 is 0 Å². The number of rotatable bonds is 6. The van der Waals surface area contributed by atoms with E-state index in [1.807, 2.05) is 49.5 Å². The molecule has 0 radical (unpaired) electrons. The second-order valence-corrected chi connectivity index (χ2v) is 6.34. The predicted molar refractivity (Wildman–Crippen MR) is 91.3 cm³/mol. The van der Waals surface area contributed by atoms with Gasteiger partial charge in [0.1, 0.15) is 6.54 Å². The van der Waals surface area contributed by atoms with Crippen molar-refractivity contribution in [2.75, 3.05) is 20.4 Å². The van der Waals surface area contributed by atoms with Crippen LogP contribution < -0.4 is 19.7 Å². The average Bonchev–Trinajstić information content (AvgIpc) is 3.02. The molecule has 1 unspecified atom stereocenters. The van der Waals surface area contributed by atoms with E-state index in [2.05, 4.69) is 5.32 Å². The van der Waals surface area contributed by atoms with Crippen LogP contribution in [0.25, 0.3) is 0 Å². The molecule has 0 saturated carbocycles. The molecule has 2 N–H and O–H groups in total. The Hall–Kier alpha value is -2.24. The van der Waals surface area contributed by atoms with E-state index in [9.17, 15) is 4.79 Å². The molecular weight excluding hydrogens is 328 g/mol. The van der Waals surface area contributed by atoms with Crippen molar-refractivity contribution >= 4 is 17.5 Å². The van der Waals surface area contributed by atoms with Crippen LogP contribution in [0.15, 0.2) is 42.5 Å². The second kappa shape index (κ2) is 7.55. The van der Waals surface area contributed by atoms with Gasteiger partial charge in [0.05, 0.1) is 7.05 Å². The van der Waals surface area contributed by atoms with Gasteiger partial charge in [-0.05, 0) is 35.9 Å². The topological polar surface area (TPSA) is 52.0 Å². The molecule has 5 nitrogen and oxygen atoms in total. The fourth-order valence-electron chi connectivity index (χ4n) is 2.60. The number of likely N-dealkylation sites (N-methyl/N-ethyl adjacent to an activating group) is 1. The summed E-state index contributed by atoms with van der Waals surface area (Å²) in [6.07, 6.45) is 0. The molecule has 0 spiro atoms. The third-order valence-electron chi connectivity index (χ3n) is 3.81. The summed E-state index contributed by atoms with van der Waals surface area (Å²) in [7, 11) is 1.99. The number of fused-ring (bicyclic) bond motifs is 1. The highest BCUT2D eigenvalue weighted by Gasteiger charge is 2.16. The predicted octanol–water partition coefficient (Wildman–Crippen LogP) is 1.40. The fourth-order valence-corrected chi connectivity index (χ4v) is 2.73. The zero-order chi connectivity index (χ0) is 16.9. The largest absolute Gasteiger partial charge is 0.454 e. The SMILES string of the molecule is C[NH+](CC(=O)NCc1ccc(Cl)cc1)Cc1ccc2c(c1)OCO2. The third kappa shape index (κ3) is 4.40. The summed E-state index contributed by atoms with van der Waals surface area (Å²) < 4.78 is 10.7. The molecule has 1 atom stereocenters. The normalized spacial score (nSPS) is 13.6. The van der Waals surface area contributed by atoms with E-state index in [1.54, 1.807) is 0 Å². The molecule has 1 aliphatic heterocycles. The van der Waals surface area contributed by atoms with Crippen molar-refractivity contribution in [2.45, 2.75) is 13.1 Å². The summed E-state index contributed by atoms with van der Waals surface area (Å²) >= 11 is 5.85. The lowest BCUT2D eigenvalue weighted by Crippen LogP contribution is -3.08. The Balaban J connectivity index is 1.46. The van der Waals surface area contributed by atoms with E-state index in [4.69, 9.17) is 21.1 Å². The van der Waals surface area contributed by atoms with Gasteiger partial charge in [0.15, 0.2) is 18.0 Å². The van der Waals surface area contributed by atoms with Gasteiger partial charge < -0.3 is 19.7 Å². The van der Waals surface area contributed by atoms with Crippen LogP contribution in [-0.4, -0.2) is 26.3 Å². The molecule has 1 amide bonds. The molecule has 1 heterocycles. The number of hydrogen-bond donors (Lipinski definition) is 2. The molecule has 0 fully saturated rings. The molecule has 0 aromatic heterocycles. The highest BCUT2D eigenvalue weighted by atomic mass is 35.5. The van der Waals surface area contributed by atoms with Crippen molar-refractivity contribution in [3.63, 3.8) is 0 Å². The van der Waals surface area contributed by atoms with Gasteiger partial charge in [0.2, 0.25) is 6.79 Å². The van der Waals surface area contributed by atoms with Crippen molar-refractivity contribution in [3.8, 4) is 11.5 Å². The molecule has 0 saturated heterocycles. The van der Waals surface area contributed by atoms with Gasteiger partial charge in [-0.15, -0.1) is 0 Å². The zero-order valence-corrected chi connectivity index (χ0v) is 14.2. The van der Waals surface area contributed by atoms with Gasteiger partial charge in [-0.2, -0.15) is 0 Å². The van der Waals surface area contributed by atoms with Crippen LogP contribution in [0.4, 0.5) is 0 Å². The molecular formula is C18H20ClN2O3+. The summed E-state index contributed by atoms with van der Waals surface area (Å²) in [6, 6.07) is 13.3. The molecule has 126 valence electrons. The van der Waals surface area contributed by atoms with Crippen molar-refractivity contribution in [1.29, 1.82) is 0 Å². The summed E-state index contributed by atoms with van der Waals surface area (Å²) in [5, 5.41) is 3.62. The van der Waals surface area contributed by atoms with E-state index in [0.717, 1.165) is 34.1 Å². The van der Waals surface area contributed by atoms with Crippen molar-refractivity contribution < 1.29 is 19.2 Å². The Kier molecular flexibility index (Phi) is 5.23. The maximum Gasteiger partial charge on any atom is 0.275 e. The van der Waals surface area contributed by atoms with Gasteiger partial charge in [-0.1, -0.05) is 23.7 Å². The molecule has 2 aromatic carbocycles. The first-order valence-corrected chi connectivity index (χ1v) is 8.19. The quantitative estimate of drug-likeness (QED) is 0.830. The summed E-state index contributed by atoms with van der Waals surface area (Å²) in [4.78, 5) is 13.2. The molecule has 2 aromatic rings. The van der Waals surface area contributed by atoms with Gasteiger partial charge in [0.25, 0.3) is 5.91 Å². The van der Waals surface area contributed by atoms with Crippen molar-refractivity contribution in [1.82, 2.24) is 5.32 Å². The standard InChI is InChI=1S/C18H19ClN2O3/c1-21(10-14-4-7-16-17(8-14)24-12-23-16)11-18(22)20-9-13-2-5-15(19)6-3-13/h2-8H,9-12H2,1H3,(H,20,22)/p+1. The Bertz CT molecular complexity index is 719. The van der Waals surface area contributed by atoms with Crippen LogP contribution in [0, 0.1) is 0 Å². The highest BCUT2D eigenvalue weighted by Crippen LogP contribution is 2.32. The number of nitrogens with one attached hydrogen (secondary N) is 2. The Morgan fingerprint density at radius 3 is 2.62 bits per heavy atom. The smallest absolute Gasteiger partial charge is 0.275 e. The minimum Gasteiger partial charge on any atom is -0.454 e. The average molecular weight is 348 g/mol. The number of hydrogen-bond acceptors (Lipinski definition) is 3. The van der Waals surface area contributed by atoms with E-state index in [0.29, 0.717) is 18.1 Å². The Morgan fingerprint density at radius 1 is 1.12 bits per heavy atom. The number of quaternary nitrogens is 1. The molecule has 24 heavy (non-hydrogen) atoms. The van der Waals surface area contributed by atoms with Gasteiger partial charge in [-0.3, -0.25) is 4.79 Å². The lowest BCUT2D eigenvalue weighted by molar-refractivity contribution is -0.885. The second-order valence-electron chi connectivity index (χ2n) is 5.90. The summed E-state index contributed by atoms with van der Waals surface area (Å²) in [5.41, 5.74) is 2.14. The first-order chi connectivity index (χ1) is 11.6. The number of carbonyl (C=O) groups excluding carboxylic acids is 1. The van der Waals surface area contributed by atoms with E-state index in [-0.39, 0.29) is 12.7 Å². The maximum absolute atomic E-state index is 12.1. The van der Waals surface area contributed by atoms with E-state index >= 15 is 0 Å². The minimum absolute atomic E-state index is 0.0168. The Morgan fingerprint density at radius 2 is 1.83 bits per heavy atom. The number of benzene rings is 2. The maximum atomic E-state index is 12.1. The fraction of sp³-hybridized carbons (Fsp3) is 0.278. The molecule has 6 heteroatoms. The highest BCUT2D eigenvalue weighted by molar-refractivity contribution is 6.30. The molecule has 1 aliphatic rings. The summed E-state index contributed by atoms with van der Waals surface area (Å²) in [5.74, 6) is 1.56. The van der Waals surface area contributed by atoms with Crippen LogP contribution in [0.3, 0.4) is 0 Å². The first-order valence-electron chi connectivity index (χ1n) is 7.81. The number of carbonyl (C=O) groups is 1.